The van der Waals surface area contributed by atoms with Gasteiger partial charge in [-0.25, -0.2) is 0 Å². The van der Waals surface area contributed by atoms with E-state index in [1.165, 1.54) is 10.4 Å². The van der Waals surface area contributed by atoms with Gasteiger partial charge in [-0.2, -0.15) is 0 Å². The van der Waals surface area contributed by atoms with Crippen molar-refractivity contribution in [2.75, 3.05) is 26.2 Å². The summed E-state index contributed by atoms with van der Waals surface area (Å²) >= 11 is 1.56. The lowest BCUT2D eigenvalue weighted by molar-refractivity contribution is 0.0318. The zero-order valence-electron chi connectivity index (χ0n) is 12.3. The van der Waals surface area contributed by atoms with E-state index >= 15 is 0 Å². The average Bonchev–Trinajstić information content (AvgIpc) is 2.79. The van der Waals surface area contributed by atoms with E-state index in [0.29, 0.717) is 12.6 Å². The second kappa shape index (κ2) is 7.76. The highest BCUT2D eigenvalue weighted by atomic mass is 32.1. The molecule has 0 atom stereocenters. The molecule has 0 saturated carbocycles. The molecule has 1 saturated heterocycles. The molecule has 1 aliphatic rings. The molecule has 1 aromatic rings. The van der Waals surface area contributed by atoms with E-state index in [1.54, 1.807) is 11.3 Å². The maximum absolute atomic E-state index is 11.9. The number of hydrogen-bond acceptors (Lipinski definition) is 4. The van der Waals surface area contributed by atoms with Gasteiger partial charge in [-0.3, -0.25) is 4.79 Å². The Morgan fingerprint density at radius 3 is 2.85 bits per heavy atom. The van der Waals surface area contributed by atoms with E-state index in [-0.39, 0.29) is 5.91 Å². The Bertz CT molecular complexity index is 420. The smallest absolute Gasteiger partial charge is 0.261 e. The quantitative estimate of drug-likeness (QED) is 0.792. The van der Waals surface area contributed by atoms with Crippen LogP contribution < -0.4 is 10.6 Å². The van der Waals surface area contributed by atoms with Crippen LogP contribution in [-0.2, 0) is 4.74 Å². The van der Waals surface area contributed by atoms with Crippen LogP contribution in [0.5, 0.6) is 0 Å². The van der Waals surface area contributed by atoms with Crippen molar-refractivity contribution in [1.82, 2.24) is 10.6 Å². The van der Waals surface area contributed by atoms with Gasteiger partial charge in [-0.15, -0.1) is 11.3 Å². The Hall–Kier alpha value is -0.910. The van der Waals surface area contributed by atoms with E-state index in [2.05, 4.69) is 10.6 Å². The number of aryl methyl sites for hydroxylation is 2. The Labute approximate surface area is 124 Å². The minimum atomic E-state index is 0.0352. The normalized spacial score (nSPS) is 16.3. The predicted molar refractivity (Wildman–Crippen MR) is 82.6 cm³/mol. The van der Waals surface area contributed by atoms with Gasteiger partial charge in [-0.05, 0) is 57.8 Å². The van der Waals surface area contributed by atoms with Crippen LogP contribution in [0.2, 0.25) is 0 Å². The molecule has 0 aliphatic carbocycles. The first-order valence-electron chi connectivity index (χ1n) is 7.34. The summed E-state index contributed by atoms with van der Waals surface area (Å²) in [6.45, 7) is 7.60. The number of carbonyl (C=O) groups excluding carboxylic acids is 1. The van der Waals surface area contributed by atoms with Gasteiger partial charge in [-0.1, -0.05) is 0 Å². The minimum Gasteiger partial charge on any atom is -0.378 e. The molecule has 112 valence electrons. The van der Waals surface area contributed by atoms with E-state index in [0.717, 1.165) is 43.8 Å². The molecule has 0 aromatic carbocycles. The highest BCUT2D eigenvalue weighted by molar-refractivity contribution is 7.14. The van der Waals surface area contributed by atoms with Crippen LogP contribution in [0.1, 0.15) is 39.4 Å². The third-order valence-electron chi connectivity index (χ3n) is 3.64. The Kier molecular flexibility index (Phi) is 6.01. The number of ether oxygens (including phenoxy) is 1. The molecule has 1 amide bonds. The molecule has 1 aromatic heterocycles. The van der Waals surface area contributed by atoms with Crippen molar-refractivity contribution in [1.29, 1.82) is 0 Å². The molecular weight excluding hydrogens is 272 g/mol. The molecule has 2 N–H and O–H groups in total. The highest BCUT2D eigenvalue weighted by Crippen LogP contribution is 2.20. The van der Waals surface area contributed by atoms with E-state index in [1.807, 2.05) is 19.9 Å². The Morgan fingerprint density at radius 1 is 1.45 bits per heavy atom. The maximum Gasteiger partial charge on any atom is 0.261 e. The standard InChI is InChI=1S/C15H24N2O2S/c1-11-10-14(20-12(11)2)15(18)17-6-3-9-19-13-4-7-16-8-5-13/h10,13,16H,3-9H2,1-2H3,(H,17,18). The van der Waals surface area contributed by atoms with Gasteiger partial charge in [0, 0.05) is 18.0 Å². The van der Waals surface area contributed by atoms with Crippen LogP contribution in [-0.4, -0.2) is 38.3 Å². The Morgan fingerprint density at radius 2 is 2.20 bits per heavy atom. The zero-order valence-corrected chi connectivity index (χ0v) is 13.1. The highest BCUT2D eigenvalue weighted by Gasteiger charge is 2.13. The van der Waals surface area contributed by atoms with Gasteiger partial charge in [0.2, 0.25) is 0 Å². The maximum atomic E-state index is 11.9. The molecule has 0 spiro atoms. The minimum absolute atomic E-state index is 0.0352. The van der Waals surface area contributed by atoms with Gasteiger partial charge in [0.1, 0.15) is 0 Å². The summed E-state index contributed by atoms with van der Waals surface area (Å²) in [6, 6.07) is 1.96. The lowest BCUT2D eigenvalue weighted by atomic mass is 10.1. The zero-order chi connectivity index (χ0) is 14.4. The fourth-order valence-corrected chi connectivity index (χ4v) is 3.21. The second-order valence-corrected chi connectivity index (χ2v) is 6.54. The number of nitrogens with one attached hydrogen (secondary N) is 2. The fourth-order valence-electron chi connectivity index (χ4n) is 2.26. The number of hydrogen-bond donors (Lipinski definition) is 2. The van der Waals surface area contributed by atoms with Crippen molar-refractivity contribution in [3.05, 3.63) is 21.4 Å². The van der Waals surface area contributed by atoms with Crippen LogP contribution in [0.25, 0.3) is 0 Å². The molecular formula is C15H24N2O2S. The topological polar surface area (TPSA) is 50.4 Å². The molecule has 2 rings (SSSR count). The van der Waals surface area contributed by atoms with Crippen molar-refractivity contribution in [3.8, 4) is 0 Å². The van der Waals surface area contributed by atoms with Crippen molar-refractivity contribution >= 4 is 17.2 Å². The van der Waals surface area contributed by atoms with Crippen LogP contribution in [0.15, 0.2) is 6.07 Å². The lowest BCUT2D eigenvalue weighted by Gasteiger charge is -2.22. The van der Waals surface area contributed by atoms with E-state index < -0.39 is 0 Å². The summed E-state index contributed by atoms with van der Waals surface area (Å²) in [4.78, 5) is 13.9. The summed E-state index contributed by atoms with van der Waals surface area (Å²) in [5.41, 5.74) is 1.19. The molecule has 4 nitrogen and oxygen atoms in total. The molecule has 5 heteroatoms. The molecule has 0 bridgehead atoms. The predicted octanol–water partition coefficient (Wildman–Crippen LogP) is 2.25. The molecule has 0 radical (unpaired) electrons. The molecule has 1 fully saturated rings. The number of amides is 1. The number of piperidine rings is 1. The molecule has 20 heavy (non-hydrogen) atoms. The van der Waals surface area contributed by atoms with Crippen molar-refractivity contribution in [3.63, 3.8) is 0 Å². The SMILES string of the molecule is Cc1cc(C(=O)NCCCOC2CCNCC2)sc1C. The van der Waals surface area contributed by atoms with Gasteiger partial charge >= 0.3 is 0 Å². The number of rotatable bonds is 6. The van der Waals surface area contributed by atoms with Gasteiger partial charge < -0.3 is 15.4 Å². The monoisotopic (exact) mass is 296 g/mol. The molecule has 0 unspecified atom stereocenters. The average molecular weight is 296 g/mol. The number of thiophene rings is 1. The Balaban J connectivity index is 1.59. The first kappa shape index (κ1) is 15.5. The first-order chi connectivity index (χ1) is 9.66. The van der Waals surface area contributed by atoms with Crippen LogP contribution in [0.4, 0.5) is 0 Å². The van der Waals surface area contributed by atoms with E-state index in [4.69, 9.17) is 4.74 Å². The van der Waals surface area contributed by atoms with Gasteiger partial charge in [0.25, 0.3) is 5.91 Å². The van der Waals surface area contributed by atoms with Crippen LogP contribution in [0.3, 0.4) is 0 Å². The van der Waals surface area contributed by atoms with Gasteiger partial charge in [0.15, 0.2) is 0 Å². The van der Waals surface area contributed by atoms with Crippen molar-refractivity contribution in [2.45, 2.75) is 39.2 Å². The lowest BCUT2D eigenvalue weighted by Crippen LogP contribution is -2.33. The summed E-state index contributed by atoms with van der Waals surface area (Å²) < 4.78 is 5.80. The van der Waals surface area contributed by atoms with Crippen molar-refractivity contribution in [2.24, 2.45) is 0 Å². The molecule has 2 heterocycles. The van der Waals surface area contributed by atoms with E-state index in [9.17, 15) is 4.79 Å². The van der Waals surface area contributed by atoms with Crippen molar-refractivity contribution < 1.29 is 9.53 Å². The summed E-state index contributed by atoms with van der Waals surface area (Å²) in [5, 5.41) is 6.28. The van der Waals surface area contributed by atoms with Crippen LogP contribution in [0, 0.1) is 13.8 Å². The third-order valence-corrected chi connectivity index (χ3v) is 4.79. The molecule has 1 aliphatic heterocycles. The van der Waals surface area contributed by atoms with Crippen LogP contribution >= 0.6 is 11.3 Å². The fraction of sp³-hybridized carbons (Fsp3) is 0.667. The first-order valence-corrected chi connectivity index (χ1v) is 8.16. The van der Waals surface area contributed by atoms with Gasteiger partial charge in [0.05, 0.1) is 11.0 Å². The summed E-state index contributed by atoms with van der Waals surface area (Å²) in [7, 11) is 0. The summed E-state index contributed by atoms with van der Waals surface area (Å²) in [6.07, 6.45) is 3.47. The number of carbonyl (C=O) groups is 1. The largest absolute Gasteiger partial charge is 0.378 e. The summed E-state index contributed by atoms with van der Waals surface area (Å²) in [5.74, 6) is 0.0352. The second-order valence-electron chi connectivity index (χ2n) is 5.28. The third kappa shape index (κ3) is 4.58.